The second-order valence-electron chi connectivity index (χ2n) is 6.31. The van der Waals surface area contributed by atoms with E-state index in [-0.39, 0.29) is 24.0 Å². The number of thioether (sulfide) groups is 1. The highest BCUT2D eigenvalue weighted by Crippen LogP contribution is 2.27. The molecule has 0 saturated carbocycles. The van der Waals surface area contributed by atoms with Crippen molar-refractivity contribution in [3.05, 3.63) is 35.4 Å². The van der Waals surface area contributed by atoms with Gasteiger partial charge in [0.05, 0.1) is 5.60 Å². The molecule has 1 aromatic carbocycles. The first-order chi connectivity index (χ1) is 10.7. The number of guanidine groups is 1. The van der Waals surface area contributed by atoms with Gasteiger partial charge >= 0.3 is 0 Å². The maximum absolute atomic E-state index is 10.4. The van der Waals surface area contributed by atoms with Crippen LogP contribution in [0, 0.1) is 0 Å². The molecule has 0 radical (unpaired) electrons. The molecule has 128 valence electrons. The third kappa shape index (κ3) is 5.00. The van der Waals surface area contributed by atoms with E-state index in [2.05, 4.69) is 39.9 Å². The van der Waals surface area contributed by atoms with Crippen molar-refractivity contribution in [2.45, 2.75) is 37.3 Å². The quantitative estimate of drug-likeness (QED) is 0.378. The van der Waals surface area contributed by atoms with Gasteiger partial charge in [0.1, 0.15) is 0 Å². The Bertz CT molecular complexity index is 546. The van der Waals surface area contributed by atoms with Gasteiger partial charge in [0.25, 0.3) is 0 Å². The van der Waals surface area contributed by atoms with E-state index in [1.807, 2.05) is 11.8 Å². The number of rotatable bonds is 3. The summed E-state index contributed by atoms with van der Waals surface area (Å²) < 4.78 is 0. The highest BCUT2D eigenvalue weighted by Gasteiger charge is 2.31. The van der Waals surface area contributed by atoms with Crippen LogP contribution < -0.4 is 10.6 Å². The molecule has 1 saturated heterocycles. The first kappa shape index (κ1) is 18.9. The molecule has 6 heteroatoms. The lowest BCUT2D eigenvalue weighted by Crippen LogP contribution is -2.50. The molecule has 2 aliphatic rings. The fourth-order valence-electron chi connectivity index (χ4n) is 3.19. The minimum absolute atomic E-state index is 0. The van der Waals surface area contributed by atoms with Crippen LogP contribution in [0.5, 0.6) is 0 Å². The number of fused-ring (bicyclic) bond motifs is 1. The number of aryl methyl sites for hydroxylation is 1. The lowest BCUT2D eigenvalue weighted by atomic mass is 9.88. The zero-order valence-corrected chi connectivity index (χ0v) is 16.7. The number of nitrogens with one attached hydrogen (secondary N) is 2. The van der Waals surface area contributed by atoms with Crippen molar-refractivity contribution in [1.82, 2.24) is 10.6 Å². The molecule has 0 aromatic heterocycles. The van der Waals surface area contributed by atoms with Gasteiger partial charge in [-0.3, -0.25) is 4.99 Å². The zero-order valence-electron chi connectivity index (χ0n) is 13.5. The largest absolute Gasteiger partial charge is 0.387 e. The second kappa shape index (κ2) is 8.58. The number of benzene rings is 1. The zero-order chi connectivity index (χ0) is 15.4. The highest BCUT2D eigenvalue weighted by molar-refractivity contribution is 14.0. The van der Waals surface area contributed by atoms with E-state index in [1.165, 1.54) is 11.1 Å². The Morgan fingerprint density at radius 1 is 1.39 bits per heavy atom. The number of aliphatic hydroxyl groups is 1. The van der Waals surface area contributed by atoms with Crippen LogP contribution in [0.1, 0.15) is 24.0 Å². The fourth-order valence-corrected chi connectivity index (χ4v) is 4.49. The SMILES string of the molecule is CN=C(NCC1(O)CCSC1)NC1CCc2ccccc2C1.I. The van der Waals surface area contributed by atoms with E-state index < -0.39 is 5.60 Å². The summed E-state index contributed by atoms with van der Waals surface area (Å²) in [6.45, 7) is 0.572. The van der Waals surface area contributed by atoms with E-state index in [1.54, 1.807) is 7.05 Å². The van der Waals surface area contributed by atoms with E-state index >= 15 is 0 Å². The van der Waals surface area contributed by atoms with Crippen LogP contribution in [0.2, 0.25) is 0 Å². The average Bonchev–Trinajstić information content (AvgIpc) is 2.98. The summed E-state index contributed by atoms with van der Waals surface area (Å²) >= 11 is 1.82. The summed E-state index contributed by atoms with van der Waals surface area (Å²) in [6.07, 6.45) is 4.14. The summed E-state index contributed by atoms with van der Waals surface area (Å²) in [5.41, 5.74) is 2.33. The van der Waals surface area contributed by atoms with Crippen molar-refractivity contribution in [3.8, 4) is 0 Å². The summed E-state index contributed by atoms with van der Waals surface area (Å²) in [7, 11) is 1.79. The molecule has 1 aliphatic carbocycles. The molecule has 0 spiro atoms. The van der Waals surface area contributed by atoms with Crippen LogP contribution in [-0.4, -0.2) is 47.8 Å². The third-order valence-corrected chi connectivity index (χ3v) is 5.81. The first-order valence-corrected chi connectivity index (χ1v) is 9.18. The van der Waals surface area contributed by atoms with Crippen LogP contribution in [-0.2, 0) is 12.8 Å². The smallest absolute Gasteiger partial charge is 0.191 e. The van der Waals surface area contributed by atoms with Crippen molar-refractivity contribution in [3.63, 3.8) is 0 Å². The lowest BCUT2D eigenvalue weighted by Gasteiger charge is -2.28. The molecule has 1 fully saturated rings. The molecule has 2 unspecified atom stereocenters. The summed E-state index contributed by atoms with van der Waals surface area (Å²) in [4.78, 5) is 4.31. The molecule has 0 amide bonds. The van der Waals surface area contributed by atoms with Gasteiger partial charge in [0, 0.05) is 25.4 Å². The maximum atomic E-state index is 10.4. The molecular weight excluding hydrogens is 421 g/mol. The number of nitrogens with zero attached hydrogens (tertiary/aromatic N) is 1. The molecule has 1 aliphatic heterocycles. The van der Waals surface area contributed by atoms with Crippen LogP contribution in [0.4, 0.5) is 0 Å². The standard InChI is InChI=1S/C17H25N3OS.HI/c1-18-16(19-11-17(21)8-9-22-12-17)20-15-7-6-13-4-2-3-5-14(13)10-15;/h2-5,15,21H,6-12H2,1H3,(H2,18,19,20);1H. The van der Waals surface area contributed by atoms with Gasteiger partial charge < -0.3 is 15.7 Å². The molecule has 3 rings (SSSR count). The Kier molecular flexibility index (Phi) is 7.03. The molecule has 3 N–H and O–H groups in total. The van der Waals surface area contributed by atoms with Gasteiger partial charge in [-0.1, -0.05) is 24.3 Å². The lowest BCUT2D eigenvalue weighted by molar-refractivity contribution is 0.0723. The Balaban J connectivity index is 0.00000192. The van der Waals surface area contributed by atoms with Crippen LogP contribution in [0.3, 0.4) is 0 Å². The Labute approximate surface area is 159 Å². The molecule has 4 nitrogen and oxygen atoms in total. The Hall–Kier alpha value is -0.470. The van der Waals surface area contributed by atoms with Crippen molar-refractivity contribution in [2.75, 3.05) is 25.1 Å². The molecule has 23 heavy (non-hydrogen) atoms. The van der Waals surface area contributed by atoms with Crippen LogP contribution in [0.25, 0.3) is 0 Å². The van der Waals surface area contributed by atoms with E-state index in [4.69, 9.17) is 0 Å². The van der Waals surface area contributed by atoms with E-state index in [0.29, 0.717) is 12.6 Å². The summed E-state index contributed by atoms with van der Waals surface area (Å²) in [5, 5.41) is 17.2. The van der Waals surface area contributed by atoms with E-state index in [0.717, 1.165) is 43.1 Å². The molecule has 0 bridgehead atoms. The van der Waals surface area contributed by atoms with Gasteiger partial charge in [0.15, 0.2) is 5.96 Å². The van der Waals surface area contributed by atoms with Crippen molar-refractivity contribution in [2.24, 2.45) is 4.99 Å². The minimum atomic E-state index is -0.582. The predicted octanol–water partition coefficient (Wildman–Crippen LogP) is 2.19. The molecule has 2 atom stereocenters. The normalized spacial score (nSPS) is 27.0. The number of halogens is 1. The number of aliphatic imine (C=N–C) groups is 1. The molecule has 1 heterocycles. The number of hydrogen-bond acceptors (Lipinski definition) is 3. The van der Waals surface area contributed by atoms with Gasteiger partial charge in [-0.2, -0.15) is 11.8 Å². The second-order valence-corrected chi connectivity index (χ2v) is 7.41. The van der Waals surface area contributed by atoms with E-state index in [9.17, 15) is 5.11 Å². The molecule has 1 aromatic rings. The minimum Gasteiger partial charge on any atom is -0.387 e. The highest BCUT2D eigenvalue weighted by atomic mass is 127. The maximum Gasteiger partial charge on any atom is 0.191 e. The monoisotopic (exact) mass is 447 g/mol. The number of hydrogen-bond donors (Lipinski definition) is 3. The average molecular weight is 447 g/mol. The topological polar surface area (TPSA) is 56.7 Å². The third-order valence-electron chi connectivity index (χ3n) is 4.58. The summed E-state index contributed by atoms with van der Waals surface area (Å²) in [5.74, 6) is 2.66. The van der Waals surface area contributed by atoms with Gasteiger partial charge in [-0.15, -0.1) is 24.0 Å². The van der Waals surface area contributed by atoms with Gasteiger partial charge in [0.2, 0.25) is 0 Å². The molecular formula is C17H26IN3OS. The van der Waals surface area contributed by atoms with Crippen LogP contribution >= 0.6 is 35.7 Å². The first-order valence-electron chi connectivity index (χ1n) is 8.03. The van der Waals surface area contributed by atoms with Crippen molar-refractivity contribution in [1.29, 1.82) is 0 Å². The Morgan fingerprint density at radius 2 is 2.17 bits per heavy atom. The summed E-state index contributed by atoms with van der Waals surface area (Å²) in [6, 6.07) is 9.09. The van der Waals surface area contributed by atoms with Crippen molar-refractivity contribution < 1.29 is 5.11 Å². The van der Waals surface area contributed by atoms with Gasteiger partial charge in [-0.25, -0.2) is 0 Å². The Morgan fingerprint density at radius 3 is 2.87 bits per heavy atom. The van der Waals surface area contributed by atoms with Crippen molar-refractivity contribution >= 4 is 41.7 Å². The fraction of sp³-hybridized carbons (Fsp3) is 0.588. The van der Waals surface area contributed by atoms with Crippen LogP contribution in [0.15, 0.2) is 29.3 Å². The predicted molar refractivity (Wildman–Crippen MR) is 109 cm³/mol. The van der Waals surface area contributed by atoms with Gasteiger partial charge in [-0.05, 0) is 42.6 Å².